The first kappa shape index (κ1) is 16.4. The van der Waals surface area contributed by atoms with E-state index < -0.39 is 0 Å². The fourth-order valence-electron chi connectivity index (χ4n) is 3.99. The number of aryl methyl sites for hydroxylation is 1. The van der Waals surface area contributed by atoms with Crippen molar-refractivity contribution in [3.05, 3.63) is 35.8 Å². The molecule has 2 aliphatic heterocycles. The Hall–Kier alpha value is -2.08. The summed E-state index contributed by atoms with van der Waals surface area (Å²) < 4.78 is 1.99. The molecule has 1 N–H and O–H groups in total. The van der Waals surface area contributed by atoms with E-state index in [0.29, 0.717) is 18.6 Å². The van der Waals surface area contributed by atoms with Gasteiger partial charge in [0.05, 0.1) is 12.2 Å². The number of carbonyl (C=O) groups excluding carboxylic acids is 1. The van der Waals surface area contributed by atoms with Gasteiger partial charge in [0, 0.05) is 37.6 Å². The third kappa shape index (κ3) is 3.35. The number of carbonyl (C=O) groups is 1. The molecule has 2 fully saturated rings. The highest BCUT2D eigenvalue weighted by atomic mass is 16.2. The van der Waals surface area contributed by atoms with Crippen molar-refractivity contribution in [1.82, 2.24) is 24.5 Å². The maximum atomic E-state index is 12.3. The Kier molecular flexibility index (Phi) is 4.37. The number of urea groups is 1. The summed E-state index contributed by atoms with van der Waals surface area (Å²) in [5, 5.41) is 3.00. The van der Waals surface area contributed by atoms with Gasteiger partial charge < -0.3 is 14.6 Å². The molecule has 2 saturated heterocycles. The summed E-state index contributed by atoms with van der Waals surface area (Å²) in [6.07, 6.45) is 7.90. The molecule has 0 spiro atoms. The molecule has 2 amide bonds. The Morgan fingerprint density at radius 1 is 1.36 bits per heavy atom. The molecule has 2 aromatic heterocycles. The zero-order valence-corrected chi connectivity index (χ0v) is 15.1. The Morgan fingerprint density at radius 3 is 3.00 bits per heavy atom. The summed E-state index contributed by atoms with van der Waals surface area (Å²) in [5.41, 5.74) is 3.00. The van der Waals surface area contributed by atoms with Crippen molar-refractivity contribution in [3.63, 3.8) is 0 Å². The van der Waals surface area contributed by atoms with Gasteiger partial charge >= 0.3 is 6.03 Å². The van der Waals surface area contributed by atoms with E-state index in [9.17, 15) is 4.79 Å². The smallest absolute Gasteiger partial charge is 0.317 e. The highest BCUT2D eigenvalue weighted by molar-refractivity contribution is 5.75. The number of nitrogens with zero attached hydrogens (tertiary/aromatic N) is 4. The second-order valence-electron chi connectivity index (χ2n) is 7.50. The molecule has 6 nitrogen and oxygen atoms in total. The Balaban J connectivity index is 1.28. The van der Waals surface area contributed by atoms with Gasteiger partial charge in [-0.2, -0.15) is 0 Å². The molecule has 0 aromatic carbocycles. The molecule has 0 saturated carbocycles. The van der Waals surface area contributed by atoms with Crippen LogP contribution in [0.2, 0.25) is 0 Å². The molecule has 6 heteroatoms. The number of rotatable bonds is 3. The second kappa shape index (κ2) is 6.67. The van der Waals surface area contributed by atoms with Gasteiger partial charge in [0.25, 0.3) is 0 Å². The van der Waals surface area contributed by atoms with Crippen molar-refractivity contribution in [2.45, 2.75) is 51.7 Å². The fraction of sp³-hybridized carbons (Fsp3) is 0.579. The van der Waals surface area contributed by atoms with Gasteiger partial charge in [0.2, 0.25) is 0 Å². The number of imidazole rings is 1. The van der Waals surface area contributed by atoms with Gasteiger partial charge in [-0.05, 0) is 50.9 Å². The van der Waals surface area contributed by atoms with Crippen LogP contribution in [0.3, 0.4) is 0 Å². The number of amides is 2. The van der Waals surface area contributed by atoms with E-state index in [1.54, 1.807) is 0 Å². The largest absolute Gasteiger partial charge is 0.332 e. The summed E-state index contributed by atoms with van der Waals surface area (Å²) >= 11 is 0. The normalized spacial score (nSPS) is 22.2. The zero-order valence-electron chi connectivity index (χ0n) is 15.1. The molecule has 4 heterocycles. The van der Waals surface area contributed by atoms with Crippen LogP contribution in [0.5, 0.6) is 0 Å². The van der Waals surface area contributed by atoms with E-state index in [2.05, 4.69) is 35.1 Å². The van der Waals surface area contributed by atoms with Crippen LogP contribution in [-0.2, 0) is 6.54 Å². The second-order valence-corrected chi connectivity index (χ2v) is 7.50. The number of nitrogens with one attached hydrogen (secondary N) is 1. The minimum Gasteiger partial charge on any atom is -0.332 e. The molecule has 134 valence electrons. The molecule has 2 aliphatic rings. The standard InChI is InChI=1S/C19H27N5O/c1-14-6-8-22-11-16(21-18(22)9-14)10-20-19(25)23-12-17(13-23)24-7-4-3-5-15(24)2/h6,8-9,11,15,17H,3-5,7,10,12-13H2,1-2H3,(H,20,25)/t15-/m0/s1. The van der Waals surface area contributed by atoms with Crippen LogP contribution in [0.25, 0.3) is 5.65 Å². The van der Waals surface area contributed by atoms with Crippen molar-refractivity contribution < 1.29 is 4.79 Å². The molecule has 0 bridgehead atoms. The molecule has 0 radical (unpaired) electrons. The van der Waals surface area contributed by atoms with Crippen LogP contribution in [0.4, 0.5) is 4.79 Å². The SMILES string of the molecule is Cc1ccn2cc(CNC(=O)N3CC(N4CCCC[C@@H]4C)C3)nc2c1. The molecule has 2 aromatic rings. The number of likely N-dealkylation sites (tertiary alicyclic amines) is 2. The number of fused-ring (bicyclic) bond motifs is 1. The average Bonchev–Trinajstić information content (AvgIpc) is 2.95. The molecule has 0 unspecified atom stereocenters. The topological polar surface area (TPSA) is 52.9 Å². The molecule has 0 aliphatic carbocycles. The Bertz CT molecular complexity index is 764. The maximum absolute atomic E-state index is 12.3. The van der Waals surface area contributed by atoms with Crippen LogP contribution in [-0.4, -0.2) is 56.9 Å². The Morgan fingerprint density at radius 2 is 2.20 bits per heavy atom. The minimum atomic E-state index is 0.0224. The zero-order chi connectivity index (χ0) is 17.4. The van der Waals surface area contributed by atoms with Gasteiger partial charge in [-0.1, -0.05) is 6.42 Å². The first-order valence-corrected chi connectivity index (χ1v) is 9.33. The highest BCUT2D eigenvalue weighted by Gasteiger charge is 2.37. The van der Waals surface area contributed by atoms with Crippen LogP contribution in [0.1, 0.15) is 37.4 Å². The lowest BCUT2D eigenvalue weighted by Gasteiger charge is -2.49. The number of piperidine rings is 1. The van der Waals surface area contributed by atoms with E-state index in [4.69, 9.17) is 0 Å². The number of pyridine rings is 1. The van der Waals surface area contributed by atoms with E-state index in [1.165, 1.54) is 31.4 Å². The molecule has 25 heavy (non-hydrogen) atoms. The lowest BCUT2D eigenvalue weighted by Crippen LogP contribution is -2.64. The summed E-state index contributed by atoms with van der Waals surface area (Å²) in [6.45, 7) is 7.72. The first-order chi connectivity index (χ1) is 12.1. The molecule has 4 rings (SSSR count). The average molecular weight is 341 g/mol. The molecule has 1 atom stereocenters. The lowest BCUT2D eigenvalue weighted by atomic mass is 9.98. The summed E-state index contributed by atoms with van der Waals surface area (Å²) in [4.78, 5) is 21.4. The minimum absolute atomic E-state index is 0.0224. The Labute approximate surface area is 148 Å². The monoisotopic (exact) mass is 341 g/mol. The third-order valence-corrected chi connectivity index (χ3v) is 5.56. The van der Waals surface area contributed by atoms with Crippen molar-refractivity contribution in [2.24, 2.45) is 0 Å². The van der Waals surface area contributed by atoms with Crippen LogP contribution < -0.4 is 5.32 Å². The van der Waals surface area contributed by atoms with Gasteiger partial charge in [0.1, 0.15) is 5.65 Å². The van der Waals surface area contributed by atoms with Crippen molar-refractivity contribution in [2.75, 3.05) is 19.6 Å². The quantitative estimate of drug-likeness (QED) is 0.933. The van der Waals surface area contributed by atoms with Crippen LogP contribution in [0.15, 0.2) is 24.5 Å². The number of aromatic nitrogens is 2. The lowest BCUT2D eigenvalue weighted by molar-refractivity contribution is 0.0169. The van der Waals surface area contributed by atoms with Crippen molar-refractivity contribution in [1.29, 1.82) is 0 Å². The summed E-state index contributed by atoms with van der Waals surface area (Å²) in [5.74, 6) is 0. The molecular formula is C19H27N5O. The number of hydrogen-bond donors (Lipinski definition) is 1. The van der Waals surface area contributed by atoms with Crippen molar-refractivity contribution >= 4 is 11.7 Å². The third-order valence-electron chi connectivity index (χ3n) is 5.56. The van der Waals surface area contributed by atoms with E-state index in [-0.39, 0.29) is 6.03 Å². The van der Waals surface area contributed by atoms with Crippen LogP contribution in [0, 0.1) is 6.92 Å². The fourth-order valence-corrected chi connectivity index (χ4v) is 3.99. The van der Waals surface area contributed by atoms with Gasteiger partial charge in [-0.25, -0.2) is 9.78 Å². The van der Waals surface area contributed by atoms with Crippen molar-refractivity contribution in [3.8, 4) is 0 Å². The van der Waals surface area contributed by atoms with Gasteiger partial charge in [-0.15, -0.1) is 0 Å². The molecular weight excluding hydrogens is 314 g/mol. The van der Waals surface area contributed by atoms with E-state index in [1.807, 2.05) is 27.8 Å². The van der Waals surface area contributed by atoms with Gasteiger partial charge in [-0.3, -0.25) is 4.90 Å². The first-order valence-electron chi connectivity index (χ1n) is 9.33. The van der Waals surface area contributed by atoms with E-state index >= 15 is 0 Å². The summed E-state index contributed by atoms with van der Waals surface area (Å²) in [6, 6.07) is 5.32. The summed E-state index contributed by atoms with van der Waals surface area (Å²) in [7, 11) is 0. The highest BCUT2D eigenvalue weighted by Crippen LogP contribution is 2.24. The number of hydrogen-bond acceptors (Lipinski definition) is 3. The predicted molar refractivity (Wildman–Crippen MR) is 97.5 cm³/mol. The predicted octanol–water partition coefficient (Wildman–Crippen LogP) is 2.41. The maximum Gasteiger partial charge on any atom is 0.317 e. The van der Waals surface area contributed by atoms with Gasteiger partial charge in [0.15, 0.2) is 0 Å². The van der Waals surface area contributed by atoms with Crippen LogP contribution >= 0.6 is 0 Å². The van der Waals surface area contributed by atoms with E-state index in [0.717, 1.165) is 24.4 Å².